The Bertz CT molecular complexity index is 850. The van der Waals surface area contributed by atoms with Crippen molar-refractivity contribution in [2.75, 3.05) is 12.4 Å². The van der Waals surface area contributed by atoms with E-state index in [4.69, 9.17) is 0 Å². The van der Waals surface area contributed by atoms with Crippen LogP contribution in [0.4, 0.5) is 5.82 Å². The van der Waals surface area contributed by atoms with Gasteiger partial charge in [-0.15, -0.1) is 21.5 Å². The van der Waals surface area contributed by atoms with Crippen LogP contribution in [0.5, 0.6) is 0 Å². The lowest BCUT2D eigenvalue weighted by atomic mass is 10.4. The van der Waals surface area contributed by atoms with E-state index in [1.54, 1.807) is 25.5 Å². The van der Waals surface area contributed by atoms with E-state index in [1.807, 2.05) is 0 Å². The summed E-state index contributed by atoms with van der Waals surface area (Å²) in [6, 6.07) is -0.623. The second-order valence-corrected chi connectivity index (χ2v) is 6.69. The maximum Gasteiger partial charge on any atom is 0.261 e. The molecule has 0 radical (unpaired) electrons. The molecule has 0 bridgehead atoms. The Labute approximate surface area is 123 Å². The number of anilines is 1. The second-order valence-electron chi connectivity index (χ2n) is 4.18. The number of H-pyrrole nitrogens is 1. The van der Waals surface area contributed by atoms with Gasteiger partial charge in [0.1, 0.15) is 0 Å². The summed E-state index contributed by atoms with van der Waals surface area (Å²) in [5, 5.41) is 17.8. The molecule has 0 fully saturated rings. The molecule has 0 aliphatic rings. The van der Waals surface area contributed by atoms with Crippen molar-refractivity contribution in [2.45, 2.75) is 18.0 Å². The lowest BCUT2D eigenvalue weighted by Gasteiger charge is -2.11. The van der Waals surface area contributed by atoms with Crippen molar-refractivity contribution < 1.29 is 8.42 Å². The van der Waals surface area contributed by atoms with Crippen molar-refractivity contribution in [3.05, 3.63) is 17.4 Å². The summed E-state index contributed by atoms with van der Waals surface area (Å²) in [7, 11) is -2.19. The van der Waals surface area contributed by atoms with E-state index < -0.39 is 16.1 Å². The van der Waals surface area contributed by atoms with E-state index >= 15 is 0 Å². The minimum atomic E-state index is -3.81. The molecular weight excluding hydrogens is 316 g/mol. The molecular formula is C9H12N8O2S2. The summed E-state index contributed by atoms with van der Waals surface area (Å²) in [6.45, 7) is 1.63. The number of nitrogens with zero attached hydrogens (tertiary/aromatic N) is 5. The summed E-state index contributed by atoms with van der Waals surface area (Å²) in [5.74, 6) is 0.547. The van der Waals surface area contributed by atoms with E-state index in [0.717, 1.165) is 0 Å². The molecule has 0 saturated heterocycles. The third kappa shape index (κ3) is 2.36. The molecule has 0 aromatic carbocycles. The number of thiazole rings is 1. The van der Waals surface area contributed by atoms with Gasteiger partial charge in [0.15, 0.2) is 21.6 Å². The first-order valence-electron chi connectivity index (χ1n) is 5.92. The zero-order chi connectivity index (χ0) is 15.0. The fraction of sp³-hybridized carbons (Fsp3) is 0.333. The second kappa shape index (κ2) is 5.05. The highest BCUT2D eigenvalue weighted by atomic mass is 32.2. The smallest absolute Gasteiger partial charge is 0.261 e. The van der Waals surface area contributed by atoms with Gasteiger partial charge in [0.05, 0.1) is 6.04 Å². The third-order valence-electron chi connectivity index (χ3n) is 2.79. The van der Waals surface area contributed by atoms with Crippen LogP contribution >= 0.6 is 11.3 Å². The molecule has 0 saturated carbocycles. The topological polar surface area (TPSA) is 130 Å². The van der Waals surface area contributed by atoms with Crippen LogP contribution in [0.2, 0.25) is 0 Å². The Morgan fingerprint density at radius 3 is 2.95 bits per heavy atom. The molecule has 3 aromatic heterocycles. The molecule has 3 rings (SSSR count). The van der Waals surface area contributed by atoms with E-state index in [2.05, 4.69) is 35.6 Å². The number of hydrogen-bond donors (Lipinski definition) is 3. The predicted molar refractivity (Wildman–Crippen MR) is 75.5 cm³/mol. The van der Waals surface area contributed by atoms with Gasteiger partial charge in [0.25, 0.3) is 10.0 Å². The molecule has 12 heteroatoms. The van der Waals surface area contributed by atoms with Crippen molar-refractivity contribution in [3.63, 3.8) is 0 Å². The van der Waals surface area contributed by atoms with Crippen LogP contribution in [0.1, 0.15) is 18.8 Å². The number of nitrogens with one attached hydrogen (secondary N) is 3. The van der Waals surface area contributed by atoms with Crippen LogP contribution in [0, 0.1) is 0 Å². The summed E-state index contributed by atoms with van der Waals surface area (Å²) in [5.41, 5.74) is 0. The monoisotopic (exact) mass is 328 g/mol. The number of rotatable bonds is 5. The number of sulfonamides is 1. The Morgan fingerprint density at radius 1 is 1.48 bits per heavy atom. The molecule has 1 atom stereocenters. The number of aromatic nitrogens is 6. The highest BCUT2D eigenvalue weighted by molar-refractivity contribution is 7.89. The maximum atomic E-state index is 12.6. The zero-order valence-corrected chi connectivity index (χ0v) is 12.7. The van der Waals surface area contributed by atoms with Crippen molar-refractivity contribution in [1.82, 2.24) is 34.7 Å². The maximum absolute atomic E-state index is 12.6. The van der Waals surface area contributed by atoms with E-state index in [1.165, 1.54) is 15.7 Å². The Hall–Kier alpha value is -2.05. The summed E-state index contributed by atoms with van der Waals surface area (Å²) >= 11 is 1.35. The lowest BCUT2D eigenvalue weighted by Crippen LogP contribution is -2.29. The predicted octanol–water partition coefficient (Wildman–Crippen LogP) is -0.00990. The molecule has 0 spiro atoms. The SMILES string of the molecule is CNc1nc2sccn2c1S(=O)(=O)NC(C)c1nn[nH]n1. The number of fused-ring (bicyclic) bond motifs is 1. The van der Waals surface area contributed by atoms with Gasteiger partial charge >= 0.3 is 0 Å². The van der Waals surface area contributed by atoms with Crippen LogP contribution in [0.25, 0.3) is 4.96 Å². The summed E-state index contributed by atoms with van der Waals surface area (Å²) < 4.78 is 29.2. The number of imidazole rings is 1. The fourth-order valence-corrected chi connectivity index (χ4v) is 4.14. The fourth-order valence-electron chi connectivity index (χ4n) is 1.88. The van der Waals surface area contributed by atoms with E-state index in [-0.39, 0.29) is 16.7 Å². The summed E-state index contributed by atoms with van der Waals surface area (Å²) in [4.78, 5) is 4.82. The van der Waals surface area contributed by atoms with Crippen molar-refractivity contribution >= 4 is 32.1 Å². The van der Waals surface area contributed by atoms with Crippen LogP contribution < -0.4 is 10.0 Å². The molecule has 3 N–H and O–H groups in total. The van der Waals surface area contributed by atoms with Gasteiger partial charge in [-0.2, -0.15) is 9.94 Å². The number of aromatic amines is 1. The average Bonchev–Trinajstić information content (AvgIpc) is 3.13. The molecule has 3 heterocycles. The number of hydrogen-bond acceptors (Lipinski definition) is 8. The minimum Gasteiger partial charge on any atom is -0.371 e. The van der Waals surface area contributed by atoms with Crippen LogP contribution in [0.15, 0.2) is 16.6 Å². The Balaban J connectivity index is 2.02. The molecule has 10 nitrogen and oxygen atoms in total. The van der Waals surface area contributed by atoms with Crippen molar-refractivity contribution in [3.8, 4) is 0 Å². The van der Waals surface area contributed by atoms with Crippen molar-refractivity contribution in [1.29, 1.82) is 0 Å². The normalized spacial score (nSPS) is 13.6. The van der Waals surface area contributed by atoms with Gasteiger partial charge in [0.2, 0.25) is 0 Å². The van der Waals surface area contributed by atoms with Gasteiger partial charge in [-0.3, -0.25) is 4.40 Å². The highest BCUT2D eigenvalue weighted by Crippen LogP contribution is 2.26. The number of tetrazole rings is 1. The van der Waals surface area contributed by atoms with Crippen LogP contribution in [0.3, 0.4) is 0 Å². The van der Waals surface area contributed by atoms with Gasteiger partial charge in [-0.1, -0.05) is 5.21 Å². The van der Waals surface area contributed by atoms with Crippen LogP contribution in [-0.4, -0.2) is 45.5 Å². The quantitative estimate of drug-likeness (QED) is 0.600. The first-order valence-corrected chi connectivity index (χ1v) is 8.28. The first-order chi connectivity index (χ1) is 10.0. The van der Waals surface area contributed by atoms with Gasteiger partial charge in [-0.05, 0) is 6.92 Å². The van der Waals surface area contributed by atoms with Gasteiger partial charge in [0, 0.05) is 18.6 Å². The highest BCUT2D eigenvalue weighted by Gasteiger charge is 2.28. The zero-order valence-electron chi connectivity index (χ0n) is 11.1. The molecule has 112 valence electrons. The first kappa shape index (κ1) is 13.9. The Morgan fingerprint density at radius 2 is 2.29 bits per heavy atom. The molecule has 3 aromatic rings. The summed E-state index contributed by atoms with van der Waals surface area (Å²) in [6.07, 6.45) is 1.65. The van der Waals surface area contributed by atoms with E-state index in [9.17, 15) is 8.42 Å². The molecule has 0 aliphatic heterocycles. The van der Waals surface area contributed by atoms with Crippen LogP contribution in [-0.2, 0) is 10.0 Å². The third-order valence-corrected chi connectivity index (χ3v) is 5.11. The lowest BCUT2D eigenvalue weighted by molar-refractivity contribution is 0.556. The minimum absolute atomic E-state index is 0.0524. The van der Waals surface area contributed by atoms with E-state index in [0.29, 0.717) is 4.96 Å². The molecule has 1 unspecified atom stereocenters. The van der Waals surface area contributed by atoms with Gasteiger partial charge in [-0.25, -0.2) is 13.4 Å². The Kier molecular flexibility index (Phi) is 3.35. The standard InChI is InChI=1S/C9H12N8O2S2/c1-5(6-12-15-16-13-6)14-21(18,19)8-7(10-2)11-9-17(8)3-4-20-9/h3-5,10,14H,1-2H3,(H,12,13,15,16). The molecule has 0 amide bonds. The molecule has 21 heavy (non-hydrogen) atoms. The van der Waals surface area contributed by atoms with Crippen molar-refractivity contribution in [2.24, 2.45) is 0 Å². The molecule has 0 aliphatic carbocycles. The largest absolute Gasteiger partial charge is 0.371 e. The van der Waals surface area contributed by atoms with Gasteiger partial charge < -0.3 is 5.32 Å². The average molecular weight is 328 g/mol.